The summed E-state index contributed by atoms with van der Waals surface area (Å²) in [6.07, 6.45) is 2.98. The number of aliphatic carboxylic acids is 1. The van der Waals surface area contributed by atoms with E-state index in [1.807, 2.05) is 0 Å². The van der Waals surface area contributed by atoms with E-state index < -0.39 is 12.1 Å². The van der Waals surface area contributed by atoms with Crippen molar-refractivity contribution in [3.8, 4) is 0 Å². The van der Waals surface area contributed by atoms with Crippen molar-refractivity contribution in [2.24, 2.45) is 0 Å². The average molecular weight is 244 g/mol. The van der Waals surface area contributed by atoms with E-state index in [0.717, 1.165) is 38.8 Å². The third kappa shape index (κ3) is 5.04. The van der Waals surface area contributed by atoms with Crippen molar-refractivity contribution in [2.75, 3.05) is 19.6 Å². The van der Waals surface area contributed by atoms with Crippen LogP contribution < -0.4 is 5.32 Å². The number of hydrogen-bond donors (Lipinski definition) is 3. The van der Waals surface area contributed by atoms with Crippen LogP contribution in [0.1, 0.15) is 32.1 Å². The van der Waals surface area contributed by atoms with Gasteiger partial charge in [0, 0.05) is 26.1 Å². The van der Waals surface area contributed by atoms with Crippen molar-refractivity contribution >= 4 is 12.0 Å². The zero-order valence-corrected chi connectivity index (χ0v) is 9.89. The summed E-state index contributed by atoms with van der Waals surface area (Å²) in [5.74, 6) is -1.26. The van der Waals surface area contributed by atoms with Gasteiger partial charge in [-0.2, -0.15) is 0 Å². The Bertz CT molecular complexity index is 262. The summed E-state index contributed by atoms with van der Waals surface area (Å²) < 4.78 is 0. The van der Waals surface area contributed by atoms with E-state index in [2.05, 4.69) is 5.32 Å². The number of carbonyl (C=O) groups is 2. The van der Waals surface area contributed by atoms with Crippen LogP contribution in [0.5, 0.6) is 0 Å². The highest BCUT2D eigenvalue weighted by molar-refractivity contribution is 5.74. The topological polar surface area (TPSA) is 89.9 Å². The molecule has 1 aliphatic heterocycles. The largest absolute Gasteiger partial charge is 0.479 e. The van der Waals surface area contributed by atoms with Crippen molar-refractivity contribution in [3.05, 3.63) is 0 Å². The molecule has 17 heavy (non-hydrogen) atoms. The minimum atomic E-state index is -1.40. The second-order valence-corrected chi connectivity index (χ2v) is 4.28. The number of carbonyl (C=O) groups excluding carboxylic acids is 1. The highest BCUT2D eigenvalue weighted by atomic mass is 16.4. The number of hydrogen-bond acceptors (Lipinski definition) is 3. The summed E-state index contributed by atoms with van der Waals surface area (Å²) in [7, 11) is 0. The van der Waals surface area contributed by atoms with Crippen LogP contribution in [0, 0.1) is 0 Å². The van der Waals surface area contributed by atoms with E-state index in [4.69, 9.17) is 10.2 Å². The molecule has 1 heterocycles. The molecule has 3 N–H and O–H groups in total. The van der Waals surface area contributed by atoms with Gasteiger partial charge in [0.25, 0.3) is 0 Å². The van der Waals surface area contributed by atoms with E-state index in [0.29, 0.717) is 0 Å². The number of urea groups is 1. The number of amides is 2. The Balaban J connectivity index is 2.21. The normalized spacial score (nSPS) is 18.3. The molecule has 1 saturated heterocycles. The summed E-state index contributed by atoms with van der Waals surface area (Å²) in [4.78, 5) is 23.8. The fraction of sp³-hybridized carbons (Fsp3) is 0.818. The number of nitrogens with zero attached hydrogens (tertiary/aromatic N) is 1. The molecule has 0 aromatic carbocycles. The molecule has 6 nitrogen and oxygen atoms in total. The molecule has 1 fully saturated rings. The molecular weight excluding hydrogens is 224 g/mol. The van der Waals surface area contributed by atoms with Gasteiger partial charge in [-0.3, -0.25) is 0 Å². The van der Waals surface area contributed by atoms with Gasteiger partial charge in [-0.05, 0) is 12.8 Å². The lowest BCUT2D eigenvalue weighted by molar-refractivity contribution is -0.146. The molecular formula is C11H20N2O4. The lowest BCUT2D eigenvalue weighted by Crippen LogP contribution is -2.41. The van der Waals surface area contributed by atoms with Gasteiger partial charge in [-0.25, -0.2) is 9.59 Å². The van der Waals surface area contributed by atoms with Crippen molar-refractivity contribution in [3.63, 3.8) is 0 Å². The molecule has 1 rings (SSSR count). The van der Waals surface area contributed by atoms with Gasteiger partial charge in [0.1, 0.15) is 0 Å². The predicted octanol–water partition coefficient (Wildman–Crippen LogP) is 0.408. The Labute approximate surface area is 101 Å². The summed E-state index contributed by atoms with van der Waals surface area (Å²) in [6.45, 7) is 1.70. The number of aliphatic hydroxyl groups is 1. The zero-order valence-electron chi connectivity index (χ0n) is 9.89. The van der Waals surface area contributed by atoms with Crippen LogP contribution in [0.4, 0.5) is 4.79 Å². The highest BCUT2D eigenvalue weighted by Crippen LogP contribution is 2.09. The van der Waals surface area contributed by atoms with Crippen LogP contribution >= 0.6 is 0 Å². The Morgan fingerprint density at radius 1 is 1.18 bits per heavy atom. The van der Waals surface area contributed by atoms with Gasteiger partial charge in [-0.1, -0.05) is 12.8 Å². The molecule has 6 heteroatoms. The minimum absolute atomic E-state index is 0.0366. The van der Waals surface area contributed by atoms with Crippen LogP contribution in [0.25, 0.3) is 0 Å². The minimum Gasteiger partial charge on any atom is -0.479 e. The van der Waals surface area contributed by atoms with Gasteiger partial charge >= 0.3 is 12.0 Å². The van der Waals surface area contributed by atoms with Crippen LogP contribution in [0.15, 0.2) is 0 Å². The van der Waals surface area contributed by atoms with Gasteiger partial charge in [-0.15, -0.1) is 0 Å². The third-order valence-electron chi connectivity index (χ3n) is 2.87. The summed E-state index contributed by atoms with van der Waals surface area (Å²) in [5, 5.41) is 20.1. The van der Waals surface area contributed by atoms with Gasteiger partial charge in [0.05, 0.1) is 0 Å². The average Bonchev–Trinajstić information content (AvgIpc) is 2.57. The molecule has 0 aromatic rings. The molecule has 0 bridgehead atoms. The quantitative estimate of drug-likeness (QED) is 0.668. The second kappa shape index (κ2) is 7.11. The maximum absolute atomic E-state index is 11.7. The van der Waals surface area contributed by atoms with E-state index in [-0.39, 0.29) is 19.0 Å². The lowest BCUT2D eigenvalue weighted by atomic mass is 10.2. The first-order valence-corrected chi connectivity index (χ1v) is 6.05. The van der Waals surface area contributed by atoms with E-state index >= 15 is 0 Å². The number of likely N-dealkylation sites (tertiary alicyclic amines) is 1. The van der Waals surface area contributed by atoms with Crippen molar-refractivity contribution < 1.29 is 19.8 Å². The monoisotopic (exact) mass is 244 g/mol. The van der Waals surface area contributed by atoms with Crippen molar-refractivity contribution in [1.82, 2.24) is 10.2 Å². The Morgan fingerprint density at radius 3 is 2.29 bits per heavy atom. The predicted molar refractivity (Wildman–Crippen MR) is 61.7 cm³/mol. The molecule has 0 aliphatic carbocycles. The van der Waals surface area contributed by atoms with Gasteiger partial charge < -0.3 is 20.4 Å². The van der Waals surface area contributed by atoms with Gasteiger partial charge in [0.15, 0.2) is 6.10 Å². The van der Waals surface area contributed by atoms with E-state index in [1.54, 1.807) is 4.90 Å². The van der Waals surface area contributed by atoms with Crippen LogP contribution in [-0.4, -0.2) is 52.9 Å². The standard InChI is InChI=1S/C11H20N2O4/c14-9(10(15)16)5-6-12-11(17)13-7-3-1-2-4-8-13/h9,14H,1-8H2,(H,12,17)(H,15,16). The first-order valence-electron chi connectivity index (χ1n) is 6.05. The molecule has 0 radical (unpaired) electrons. The SMILES string of the molecule is O=C(O)C(O)CCNC(=O)N1CCCCCC1. The maximum atomic E-state index is 11.7. The summed E-state index contributed by atoms with van der Waals surface area (Å²) >= 11 is 0. The van der Waals surface area contributed by atoms with E-state index in [9.17, 15) is 9.59 Å². The first-order chi connectivity index (χ1) is 8.11. The molecule has 1 aliphatic rings. The second-order valence-electron chi connectivity index (χ2n) is 4.28. The first kappa shape index (κ1) is 13.8. The third-order valence-corrected chi connectivity index (χ3v) is 2.87. The summed E-state index contributed by atoms with van der Waals surface area (Å²) in [5.41, 5.74) is 0. The molecule has 1 unspecified atom stereocenters. The molecule has 0 spiro atoms. The molecule has 0 saturated carbocycles. The Kier molecular flexibility index (Phi) is 5.76. The maximum Gasteiger partial charge on any atom is 0.332 e. The van der Waals surface area contributed by atoms with E-state index in [1.165, 1.54) is 0 Å². The Hall–Kier alpha value is -1.30. The zero-order chi connectivity index (χ0) is 12.7. The molecule has 0 aromatic heterocycles. The summed E-state index contributed by atoms with van der Waals surface area (Å²) in [6, 6.07) is -0.163. The number of carboxylic acid groups (broad SMARTS) is 1. The number of carboxylic acids is 1. The number of rotatable bonds is 4. The lowest BCUT2D eigenvalue weighted by Gasteiger charge is -2.20. The molecule has 2 amide bonds. The van der Waals surface area contributed by atoms with Crippen LogP contribution in [0.3, 0.4) is 0 Å². The molecule has 1 atom stereocenters. The fourth-order valence-corrected chi connectivity index (χ4v) is 1.82. The van der Waals surface area contributed by atoms with Crippen LogP contribution in [-0.2, 0) is 4.79 Å². The number of aliphatic hydroxyl groups excluding tert-OH is 1. The van der Waals surface area contributed by atoms with Gasteiger partial charge in [0.2, 0.25) is 0 Å². The van der Waals surface area contributed by atoms with Crippen molar-refractivity contribution in [1.29, 1.82) is 0 Å². The molecule has 98 valence electrons. The number of nitrogens with one attached hydrogen (secondary N) is 1. The smallest absolute Gasteiger partial charge is 0.332 e. The highest BCUT2D eigenvalue weighted by Gasteiger charge is 2.16. The van der Waals surface area contributed by atoms with Crippen molar-refractivity contribution in [2.45, 2.75) is 38.2 Å². The fourth-order valence-electron chi connectivity index (χ4n) is 1.82. The van der Waals surface area contributed by atoms with Crippen LogP contribution in [0.2, 0.25) is 0 Å². The Morgan fingerprint density at radius 2 is 1.76 bits per heavy atom.